The predicted octanol–water partition coefficient (Wildman–Crippen LogP) is -0.526. The van der Waals surface area contributed by atoms with E-state index in [-0.39, 0.29) is 16.8 Å². The van der Waals surface area contributed by atoms with Gasteiger partial charge in [-0.1, -0.05) is 0 Å². The van der Waals surface area contributed by atoms with Gasteiger partial charge in [0.05, 0.1) is 12.1 Å². The van der Waals surface area contributed by atoms with Gasteiger partial charge in [-0.05, 0) is 12.8 Å². The van der Waals surface area contributed by atoms with Gasteiger partial charge in [0.25, 0.3) is 5.56 Å². The molecule has 0 aliphatic carbocycles. The first kappa shape index (κ1) is 14.5. The van der Waals surface area contributed by atoms with Crippen LogP contribution in [0.25, 0.3) is 0 Å². The number of aromatic amines is 1. The van der Waals surface area contributed by atoms with E-state index < -0.39 is 21.4 Å². The van der Waals surface area contributed by atoms with Crippen molar-refractivity contribution < 1.29 is 18.3 Å². The average Bonchev–Trinajstić information content (AvgIpc) is 2.37. The molecule has 1 aliphatic rings. The van der Waals surface area contributed by atoms with Gasteiger partial charge >= 0.3 is 5.97 Å². The fraction of sp³-hybridized carbons (Fsp3) is 0.545. The Bertz CT molecular complexity index is 674. The molecule has 110 valence electrons. The van der Waals surface area contributed by atoms with E-state index in [2.05, 4.69) is 9.97 Å². The van der Waals surface area contributed by atoms with Gasteiger partial charge in [-0.15, -0.1) is 0 Å². The van der Waals surface area contributed by atoms with Gasteiger partial charge in [0, 0.05) is 19.3 Å². The van der Waals surface area contributed by atoms with Crippen LogP contribution < -0.4 is 10.5 Å². The first-order chi connectivity index (χ1) is 9.29. The minimum Gasteiger partial charge on any atom is -0.481 e. The quantitative estimate of drug-likeness (QED) is 0.770. The third-order valence-corrected chi connectivity index (χ3v) is 4.39. The fourth-order valence-electron chi connectivity index (χ4n) is 2.14. The molecule has 1 aliphatic heterocycles. The van der Waals surface area contributed by atoms with Gasteiger partial charge in [-0.2, -0.15) is 0 Å². The summed E-state index contributed by atoms with van der Waals surface area (Å²) >= 11 is 0. The second-order valence-corrected chi connectivity index (χ2v) is 6.76. The summed E-state index contributed by atoms with van der Waals surface area (Å²) in [6, 6.07) is 0. The normalized spacial score (nSPS) is 17.1. The van der Waals surface area contributed by atoms with Gasteiger partial charge < -0.3 is 10.0 Å². The van der Waals surface area contributed by atoms with E-state index in [4.69, 9.17) is 5.11 Å². The third-order valence-electron chi connectivity index (χ3n) is 3.30. The van der Waals surface area contributed by atoms with Crippen molar-refractivity contribution in [2.75, 3.05) is 24.2 Å². The van der Waals surface area contributed by atoms with E-state index in [1.807, 2.05) is 0 Å². The zero-order valence-corrected chi connectivity index (χ0v) is 11.7. The number of hydrogen-bond acceptors (Lipinski definition) is 6. The van der Waals surface area contributed by atoms with Crippen LogP contribution >= 0.6 is 0 Å². The van der Waals surface area contributed by atoms with E-state index in [0.717, 1.165) is 12.5 Å². The van der Waals surface area contributed by atoms with Crippen LogP contribution in [0.3, 0.4) is 0 Å². The molecule has 2 N–H and O–H groups in total. The van der Waals surface area contributed by atoms with Crippen molar-refractivity contribution in [1.82, 2.24) is 9.97 Å². The van der Waals surface area contributed by atoms with E-state index in [0.29, 0.717) is 25.9 Å². The summed E-state index contributed by atoms with van der Waals surface area (Å²) in [5.74, 6) is -0.932. The Kier molecular flexibility index (Phi) is 3.80. The van der Waals surface area contributed by atoms with Crippen LogP contribution in [0.15, 0.2) is 15.9 Å². The lowest BCUT2D eigenvalue weighted by Crippen LogP contribution is -2.38. The molecule has 0 saturated carbocycles. The second-order valence-electron chi connectivity index (χ2n) is 4.77. The Morgan fingerprint density at radius 1 is 1.45 bits per heavy atom. The van der Waals surface area contributed by atoms with E-state index >= 15 is 0 Å². The lowest BCUT2D eigenvalue weighted by molar-refractivity contribution is -0.142. The Hall–Kier alpha value is -1.90. The van der Waals surface area contributed by atoms with Crippen LogP contribution in [-0.2, 0) is 14.6 Å². The number of piperidine rings is 1. The highest BCUT2D eigenvalue weighted by Crippen LogP contribution is 2.20. The van der Waals surface area contributed by atoms with Crippen molar-refractivity contribution in [3.8, 4) is 0 Å². The summed E-state index contributed by atoms with van der Waals surface area (Å²) in [5, 5.41) is 8.91. The van der Waals surface area contributed by atoms with Gasteiger partial charge in [-0.25, -0.2) is 13.4 Å². The van der Waals surface area contributed by atoms with Gasteiger partial charge in [0.15, 0.2) is 9.84 Å². The molecule has 0 unspecified atom stereocenters. The van der Waals surface area contributed by atoms with Gasteiger partial charge in [0.1, 0.15) is 4.90 Å². The van der Waals surface area contributed by atoms with Crippen molar-refractivity contribution >= 4 is 21.8 Å². The average molecular weight is 301 g/mol. The molecule has 1 aromatic rings. The number of aromatic nitrogens is 2. The first-order valence-electron chi connectivity index (χ1n) is 6.06. The highest BCUT2D eigenvalue weighted by atomic mass is 32.2. The number of nitrogens with one attached hydrogen (secondary N) is 1. The number of anilines is 1. The maximum atomic E-state index is 11.7. The third kappa shape index (κ3) is 2.98. The summed E-state index contributed by atoms with van der Waals surface area (Å²) in [6.07, 6.45) is 2.91. The molecule has 1 fully saturated rings. The number of carbonyl (C=O) groups is 1. The van der Waals surface area contributed by atoms with Crippen LogP contribution in [0.5, 0.6) is 0 Å². The van der Waals surface area contributed by atoms with Crippen molar-refractivity contribution in [2.24, 2.45) is 5.92 Å². The van der Waals surface area contributed by atoms with Gasteiger partial charge in [-0.3, -0.25) is 14.6 Å². The summed E-state index contributed by atoms with van der Waals surface area (Å²) in [6.45, 7) is 0.913. The fourth-order valence-corrected chi connectivity index (χ4v) is 2.77. The SMILES string of the molecule is CS(=O)(=O)c1cnc(N2CCC(C(=O)O)CC2)[nH]c1=O. The molecule has 1 aromatic heterocycles. The van der Waals surface area contributed by atoms with Crippen molar-refractivity contribution in [1.29, 1.82) is 0 Å². The minimum absolute atomic E-state index is 0.270. The van der Waals surface area contributed by atoms with E-state index in [1.54, 1.807) is 4.90 Å². The van der Waals surface area contributed by atoms with Crippen LogP contribution in [0, 0.1) is 5.92 Å². The molecule has 0 bridgehead atoms. The Morgan fingerprint density at radius 3 is 2.50 bits per heavy atom. The summed E-state index contributed by atoms with van der Waals surface area (Å²) in [7, 11) is -3.60. The lowest BCUT2D eigenvalue weighted by Gasteiger charge is -2.30. The number of carboxylic acids is 1. The molecule has 1 saturated heterocycles. The van der Waals surface area contributed by atoms with Crippen LogP contribution in [0.4, 0.5) is 5.95 Å². The molecule has 0 radical (unpaired) electrons. The van der Waals surface area contributed by atoms with Gasteiger partial charge in [0.2, 0.25) is 5.95 Å². The maximum Gasteiger partial charge on any atom is 0.306 e. The first-order valence-corrected chi connectivity index (χ1v) is 7.95. The number of sulfone groups is 1. The molecule has 0 aromatic carbocycles. The van der Waals surface area contributed by atoms with Crippen LogP contribution in [0.1, 0.15) is 12.8 Å². The van der Waals surface area contributed by atoms with Crippen molar-refractivity contribution in [3.05, 3.63) is 16.6 Å². The number of aliphatic carboxylic acids is 1. The Balaban J connectivity index is 2.18. The molecule has 2 rings (SSSR count). The predicted molar refractivity (Wildman–Crippen MR) is 70.5 cm³/mol. The number of H-pyrrole nitrogens is 1. The maximum absolute atomic E-state index is 11.7. The monoisotopic (exact) mass is 301 g/mol. The highest BCUT2D eigenvalue weighted by Gasteiger charge is 2.26. The zero-order valence-electron chi connectivity index (χ0n) is 10.9. The number of hydrogen-bond donors (Lipinski definition) is 2. The Morgan fingerprint density at radius 2 is 2.05 bits per heavy atom. The molecule has 0 spiro atoms. The summed E-state index contributed by atoms with van der Waals surface area (Å²) < 4.78 is 22.6. The molecule has 2 heterocycles. The summed E-state index contributed by atoms with van der Waals surface area (Å²) in [4.78, 5) is 30.3. The minimum atomic E-state index is -3.60. The van der Waals surface area contributed by atoms with Crippen molar-refractivity contribution in [3.63, 3.8) is 0 Å². The summed E-state index contributed by atoms with van der Waals surface area (Å²) in [5.41, 5.74) is -0.710. The Labute approximate surface area is 115 Å². The zero-order chi connectivity index (χ0) is 14.9. The molecule has 0 amide bonds. The number of rotatable bonds is 3. The number of nitrogens with zero attached hydrogens (tertiary/aromatic N) is 2. The largest absolute Gasteiger partial charge is 0.481 e. The highest BCUT2D eigenvalue weighted by molar-refractivity contribution is 7.90. The van der Waals surface area contributed by atoms with E-state index in [1.165, 1.54) is 0 Å². The topological polar surface area (TPSA) is 120 Å². The molecule has 8 nitrogen and oxygen atoms in total. The molecule has 9 heteroatoms. The smallest absolute Gasteiger partial charge is 0.306 e. The molecular weight excluding hydrogens is 286 g/mol. The molecule has 0 atom stereocenters. The van der Waals surface area contributed by atoms with Crippen LogP contribution in [0.2, 0.25) is 0 Å². The van der Waals surface area contributed by atoms with Crippen LogP contribution in [-0.4, -0.2) is 48.8 Å². The molecule has 20 heavy (non-hydrogen) atoms. The molecular formula is C11H15N3O5S. The van der Waals surface area contributed by atoms with Crippen molar-refractivity contribution in [2.45, 2.75) is 17.7 Å². The standard InChI is InChI=1S/C11H15N3O5S/c1-20(18,19)8-6-12-11(13-9(8)15)14-4-2-7(3-5-14)10(16)17/h6-7H,2-5H2,1H3,(H,16,17)(H,12,13,15). The number of carboxylic acid groups (broad SMARTS) is 1. The second kappa shape index (κ2) is 5.23. The van der Waals surface area contributed by atoms with E-state index in [9.17, 15) is 18.0 Å². The lowest BCUT2D eigenvalue weighted by atomic mass is 9.97.